The molecule has 0 spiro atoms. The van der Waals surface area contributed by atoms with Crippen LogP contribution >= 0.6 is 23.2 Å². The quantitative estimate of drug-likeness (QED) is 0.172. The minimum absolute atomic E-state index is 0.187. The van der Waals surface area contributed by atoms with Gasteiger partial charge in [0, 0.05) is 24.9 Å². The molecule has 3 amide bonds. The zero-order valence-electron chi connectivity index (χ0n) is 19.4. The molecule has 0 aromatic heterocycles. The van der Waals surface area contributed by atoms with Crippen molar-refractivity contribution in [3.63, 3.8) is 0 Å². The summed E-state index contributed by atoms with van der Waals surface area (Å²) in [6.07, 6.45) is 4.31. The molecule has 4 N–H and O–H groups in total. The first-order chi connectivity index (χ1) is 15.3. The molecule has 1 saturated heterocycles. The van der Waals surface area contributed by atoms with Crippen LogP contribution in [0.4, 0.5) is 0 Å². The van der Waals surface area contributed by atoms with Crippen LogP contribution in [-0.4, -0.2) is 64.0 Å². The maximum Gasteiger partial charge on any atom is 0.289 e. The van der Waals surface area contributed by atoms with E-state index in [-0.39, 0.29) is 31.3 Å². The summed E-state index contributed by atoms with van der Waals surface area (Å²) in [7, 11) is 0. The summed E-state index contributed by atoms with van der Waals surface area (Å²) in [5.74, 6) is -3.28. The number of piperidine rings is 1. The summed E-state index contributed by atoms with van der Waals surface area (Å²) in [4.78, 5) is 52.9. The molecular formula is C23H34Cl2N4O4. The molecule has 1 saturated carbocycles. The highest BCUT2D eigenvalue weighted by molar-refractivity contribution is 6.51. The van der Waals surface area contributed by atoms with E-state index in [4.69, 9.17) is 28.9 Å². The highest BCUT2D eigenvalue weighted by Crippen LogP contribution is 2.65. The van der Waals surface area contributed by atoms with Gasteiger partial charge in [-0.05, 0) is 24.7 Å². The van der Waals surface area contributed by atoms with E-state index in [2.05, 4.69) is 23.8 Å². The van der Waals surface area contributed by atoms with E-state index in [0.717, 1.165) is 0 Å². The number of allylic oxidation sites excluding steroid dienone is 1. The fraction of sp³-hybridized carbons (Fsp3) is 0.652. The van der Waals surface area contributed by atoms with Crippen molar-refractivity contribution in [3.05, 3.63) is 25.3 Å². The Labute approximate surface area is 205 Å². The van der Waals surface area contributed by atoms with Crippen molar-refractivity contribution >= 4 is 46.7 Å². The van der Waals surface area contributed by atoms with E-state index < -0.39 is 51.4 Å². The summed E-state index contributed by atoms with van der Waals surface area (Å²) >= 11 is 12.7. The largest absolute Gasteiger partial charge is 0.349 e. The maximum absolute atomic E-state index is 13.3. The number of hydrogen-bond donors (Lipinski definition) is 3. The second kappa shape index (κ2) is 10.6. The number of carbonyl (C=O) groups is 4. The number of hydrogen-bond acceptors (Lipinski definition) is 5. The third-order valence-corrected chi connectivity index (χ3v) is 7.30. The van der Waals surface area contributed by atoms with E-state index in [1.807, 2.05) is 20.8 Å². The predicted octanol–water partition coefficient (Wildman–Crippen LogP) is 1.70. The Morgan fingerprint density at radius 3 is 2.33 bits per heavy atom. The number of nitrogens with zero attached hydrogens (tertiary/aromatic N) is 1. The van der Waals surface area contributed by atoms with Crippen molar-refractivity contribution in [2.24, 2.45) is 23.0 Å². The van der Waals surface area contributed by atoms with Gasteiger partial charge in [0.05, 0.1) is 12.1 Å². The molecular weight excluding hydrogens is 467 g/mol. The standard InChI is InChI=1S/C23H34Cl2N4O4/c1-6-8-10-14(17(30)20(32)27-11-9-7-2)28-19(31)16-15-13(23(15,24)25)12-29(16)21(33)18(26)22(3,4)5/h6-7,13-16,18H,1-2,8-12,26H2,3-5H3,(H,27,32)(H,28,31)/t13?,14?,15?,16-,18?/m0/s1. The van der Waals surface area contributed by atoms with E-state index in [1.54, 1.807) is 12.2 Å². The second-order valence-electron chi connectivity index (χ2n) is 9.71. The van der Waals surface area contributed by atoms with Crippen LogP contribution < -0.4 is 16.4 Å². The zero-order valence-corrected chi connectivity index (χ0v) is 20.9. The average Bonchev–Trinajstić information content (AvgIpc) is 3.08. The van der Waals surface area contributed by atoms with Gasteiger partial charge >= 0.3 is 0 Å². The van der Waals surface area contributed by atoms with Gasteiger partial charge in [-0.1, -0.05) is 32.9 Å². The summed E-state index contributed by atoms with van der Waals surface area (Å²) in [6, 6.07) is -2.89. The molecule has 1 heterocycles. The topological polar surface area (TPSA) is 122 Å². The molecule has 4 unspecified atom stereocenters. The van der Waals surface area contributed by atoms with Crippen LogP contribution in [-0.2, 0) is 19.2 Å². The molecule has 8 nitrogen and oxygen atoms in total. The van der Waals surface area contributed by atoms with E-state index in [1.165, 1.54) is 4.90 Å². The number of halogens is 2. The van der Waals surface area contributed by atoms with Crippen molar-refractivity contribution in [1.82, 2.24) is 15.5 Å². The molecule has 0 aromatic carbocycles. The Balaban J connectivity index is 2.21. The molecule has 2 rings (SSSR count). The lowest BCUT2D eigenvalue weighted by atomic mass is 9.86. The fourth-order valence-corrected chi connectivity index (χ4v) is 4.85. The van der Waals surface area contributed by atoms with Gasteiger partial charge in [0.25, 0.3) is 5.91 Å². The highest BCUT2D eigenvalue weighted by atomic mass is 35.5. The second-order valence-corrected chi connectivity index (χ2v) is 11.2. The van der Waals surface area contributed by atoms with Crippen molar-refractivity contribution < 1.29 is 19.2 Å². The summed E-state index contributed by atoms with van der Waals surface area (Å²) in [5, 5.41) is 5.16. The van der Waals surface area contributed by atoms with Gasteiger partial charge in [0.1, 0.15) is 10.4 Å². The Morgan fingerprint density at radius 2 is 1.79 bits per heavy atom. The normalized spacial score (nSPS) is 24.8. The number of fused-ring (bicyclic) bond motifs is 1. The van der Waals surface area contributed by atoms with Crippen LogP contribution in [0.15, 0.2) is 25.3 Å². The van der Waals surface area contributed by atoms with Crippen LogP contribution in [0.2, 0.25) is 0 Å². The molecule has 2 aliphatic rings. The van der Waals surface area contributed by atoms with Gasteiger partial charge in [-0.15, -0.1) is 36.4 Å². The Hall–Kier alpha value is -1.90. The molecule has 2 fully saturated rings. The van der Waals surface area contributed by atoms with E-state index in [0.29, 0.717) is 12.8 Å². The van der Waals surface area contributed by atoms with E-state index >= 15 is 0 Å². The fourth-order valence-electron chi connectivity index (χ4n) is 4.03. The number of carbonyl (C=O) groups excluding carboxylic acids is 4. The van der Waals surface area contributed by atoms with Gasteiger partial charge in [-0.2, -0.15) is 0 Å². The number of alkyl halides is 2. The molecule has 0 bridgehead atoms. The zero-order chi connectivity index (χ0) is 25.1. The van der Waals surface area contributed by atoms with Crippen LogP contribution in [0.3, 0.4) is 0 Å². The number of nitrogens with one attached hydrogen (secondary N) is 2. The minimum atomic E-state index is -1.13. The van der Waals surface area contributed by atoms with Gasteiger partial charge in [-0.25, -0.2) is 0 Å². The minimum Gasteiger partial charge on any atom is -0.349 e. The van der Waals surface area contributed by atoms with Gasteiger partial charge in [0.2, 0.25) is 17.6 Å². The molecule has 184 valence electrons. The Morgan fingerprint density at radius 1 is 1.18 bits per heavy atom. The summed E-state index contributed by atoms with van der Waals surface area (Å²) in [5.41, 5.74) is 5.65. The first kappa shape index (κ1) is 27.3. The number of amides is 3. The van der Waals surface area contributed by atoms with Crippen molar-refractivity contribution in [1.29, 1.82) is 0 Å². The van der Waals surface area contributed by atoms with Crippen molar-refractivity contribution in [2.75, 3.05) is 13.1 Å². The molecule has 33 heavy (non-hydrogen) atoms. The highest BCUT2D eigenvalue weighted by Gasteiger charge is 2.74. The van der Waals surface area contributed by atoms with Crippen molar-refractivity contribution in [2.45, 2.75) is 62.5 Å². The van der Waals surface area contributed by atoms with Crippen LogP contribution in [0, 0.1) is 17.3 Å². The molecule has 0 radical (unpaired) electrons. The van der Waals surface area contributed by atoms with Crippen LogP contribution in [0.5, 0.6) is 0 Å². The number of likely N-dealkylation sites (tertiary alicyclic amines) is 1. The lowest BCUT2D eigenvalue weighted by molar-refractivity contribution is -0.144. The van der Waals surface area contributed by atoms with Crippen molar-refractivity contribution in [3.8, 4) is 0 Å². The Kier molecular flexibility index (Phi) is 8.76. The van der Waals surface area contributed by atoms with Gasteiger partial charge in [-0.3, -0.25) is 19.2 Å². The van der Waals surface area contributed by atoms with Crippen LogP contribution in [0.1, 0.15) is 40.0 Å². The van der Waals surface area contributed by atoms with Crippen LogP contribution in [0.25, 0.3) is 0 Å². The van der Waals surface area contributed by atoms with Gasteiger partial charge < -0.3 is 21.3 Å². The summed E-state index contributed by atoms with van der Waals surface area (Å²) in [6.45, 7) is 13.2. The number of ketones is 1. The smallest absolute Gasteiger partial charge is 0.289 e. The number of Topliss-reactive ketones (excluding diaryl/α,β-unsaturated/α-hetero) is 1. The Bertz CT molecular complexity index is 824. The monoisotopic (exact) mass is 500 g/mol. The van der Waals surface area contributed by atoms with E-state index in [9.17, 15) is 19.2 Å². The summed E-state index contributed by atoms with van der Waals surface area (Å²) < 4.78 is -1.13. The predicted molar refractivity (Wildman–Crippen MR) is 129 cm³/mol. The van der Waals surface area contributed by atoms with Gasteiger partial charge in [0.15, 0.2) is 0 Å². The molecule has 0 aromatic rings. The molecule has 1 aliphatic heterocycles. The first-order valence-corrected chi connectivity index (χ1v) is 11.8. The average molecular weight is 501 g/mol. The third-order valence-electron chi connectivity index (χ3n) is 6.23. The maximum atomic E-state index is 13.3. The molecule has 10 heteroatoms. The SMILES string of the molecule is C=CCCNC(=O)C(=O)C(CCC=C)NC(=O)[C@@H]1C2C(CN1C(=O)C(N)C(C)(C)C)C2(Cl)Cl. The molecule has 1 aliphatic carbocycles. The lowest BCUT2D eigenvalue weighted by Crippen LogP contribution is -2.59. The first-order valence-electron chi connectivity index (χ1n) is 11.1. The lowest BCUT2D eigenvalue weighted by Gasteiger charge is -2.35. The third kappa shape index (κ3) is 5.97. The molecule has 5 atom stereocenters. The number of rotatable bonds is 11. The number of nitrogens with two attached hydrogens (primary N) is 1.